The Kier molecular flexibility index (Phi) is 6.13. The molecule has 1 heterocycles. The van der Waals surface area contributed by atoms with Crippen LogP contribution in [-0.2, 0) is 16.6 Å². The first-order valence-electron chi connectivity index (χ1n) is 8.83. The zero-order valence-corrected chi connectivity index (χ0v) is 15.5. The Hall–Kier alpha value is -2.09. The lowest BCUT2D eigenvalue weighted by Crippen LogP contribution is -2.26. The van der Waals surface area contributed by atoms with Crippen molar-refractivity contribution in [2.45, 2.75) is 24.3 Å². The quantitative estimate of drug-likeness (QED) is 0.691. The third kappa shape index (κ3) is 4.97. The van der Waals surface area contributed by atoms with Gasteiger partial charge in [0.25, 0.3) is 0 Å². The van der Waals surface area contributed by atoms with E-state index in [2.05, 4.69) is 9.62 Å². The molecule has 0 unspecified atom stereocenters. The fourth-order valence-electron chi connectivity index (χ4n) is 2.98. The Morgan fingerprint density at radius 3 is 2.46 bits per heavy atom. The summed E-state index contributed by atoms with van der Waals surface area (Å²) >= 11 is 0. The third-order valence-electron chi connectivity index (χ3n) is 4.48. The first-order valence-corrected chi connectivity index (χ1v) is 10.3. The van der Waals surface area contributed by atoms with Gasteiger partial charge in [0.2, 0.25) is 10.0 Å². The topological polar surface area (TPSA) is 84.7 Å². The molecule has 0 aromatic heterocycles. The third-order valence-corrected chi connectivity index (χ3v) is 5.90. The highest BCUT2D eigenvalue weighted by atomic mass is 32.2. The van der Waals surface area contributed by atoms with Gasteiger partial charge in [0, 0.05) is 24.3 Å². The second-order valence-corrected chi connectivity index (χ2v) is 8.17. The molecule has 6 nitrogen and oxygen atoms in total. The van der Waals surface area contributed by atoms with E-state index in [1.54, 1.807) is 12.1 Å². The molecule has 140 valence electrons. The smallest absolute Gasteiger partial charge is 0.240 e. The molecule has 3 N–H and O–H groups in total. The second kappa shape index (κ2) is 8.53. The summed E-state index contributed by atoms with van der Waals surface area (Å²) in [6.07, 6.45) is 2.51. The number of sulfonamides is 1. The molecule has 1 aliphatic rings. The molecule has 0 saturated carbocycles. The molecular formula is C19H25N3O3S. The summed E-state index contributed by atoms with van der Waals surface area (Å²) < 4.78 is 33.4. The van der Waals surface area contributed by atoms with Crippen LogP contribution in [0.15, 0.2) is 53.4 Å². The lowest BCUT2D eigenvalue weighted by molar-refractivity contribution is 0.236. The molecule has 0 aliphatic carbocycles. The van der Waals surface area contributed by atoms with Crippen LogP contribution in [0.1, 0.15) is 18.4 Å². The minimum Gasteiger partial charge on any atom is -0.492 e. The van der Waals surface area contributed by atoms with E-state index in [-0.39, 0.29) is 11.4 Å². The molecule has 0 atom stereocenters. The van der Waals surface area contributed by atoms with Crippen molar-refractivity contribution in [3.63, 3.8) is 0 Å². The molecule has 7 heteroatoms. The normalized spacial score (nSPS) is 15.2. The lowest BCUT2D eigenvalue weighted by atomic mass is 10.2. The summed E-state index contributed by atoms with van der Waals surface area (Å²) in [7, 11) is -3.59. The Bertz CT molecular complexity index is 816. The molecule has 1 saturated heterocycles. The molecule has 0 radical (unpaired) electrons. The van der Waals surface area contributed by atoms with E-state index in [9.17, 15) is 8.42 Å². The van der Waals surface area contributed by atoms with Gasteiger partial charge in [0.05, 0.1) is 4.90 Å². The van der Waals surface area contributed by atoms with Gasteiger partial charge in [-0.25, -0.2) is 13.1 Å². The monoisotopic (exact) mass is 375 g/mol. The highest BCUT2D eigenvalue weighted by Crippen LogP contribution is 2.19. The van der Waals surface area contributed by atoms with Crippen molar-refractivity contribution in [2.75, 3.05) is 32.0 Å². The van der Waals surface area contributed by atoms with Gasteiger partial charge in [-0.15, -0.1) is 0 Å². The number of anilines is 1. The minimum atomic E-state index is -3.59. The van der Waals surface area contributed by atoms with Crippen LogP contribution in [0.4, 0.5) is 5.69 Å². The van der Waals surface area contributed by atoms with Crippen LogP contribution in [0.25, 0.3) is 0 Å². The highest BCUT2D eigenvalue weighted by Gasteiger charge is 2.15. The predicted molar refractivity (Wildman–Crippen MR) is 102 cm³/mol. The van der Waals surface area contributed by atoms with Crippen molar-refractivity contribution in [2.24, 2.45) is 0 Å². The molecule has 2 aromatic carbocycles. The van der Waals surface area contributed by atoms with Crippen molar-refractivity contribution in [1.29, 1.82) is 0 Å². The van der Waals surface area contributed by atoms with Crippen molar-refractivity contribution >= 4 is 15.7 Å². The molecule has 0 amide bonds. The molecule has 0 spiro atoms. The van der Waals surface area contributed by atoms with E-state index < -0.39 is 10.0 Å². The van der Waals surface area contributed by atoms with Gasteiger partial charge in [-0.2, -0.15) is 0 Å². The van der Waals surface area contributed by atoms with E-state index in [0.29, 0.717) is 18.0 Å². The van der Waals surface area contributed by atoms with Gasteiger partial charge in [0.1, 0.15) is 12.4 Å². The maximum atomic E-state index is 12.4. The van der Waals surface area contributed by atoms with Gasteiger partial charge >= 0.3 is 0 Å². The maximum absolute atomic E-state index is 12.4. The first kappa shape index (κ1) is 18.7. The van der Waals surface area contributed by atoms with E-state index in [1.807, 2.05) is 24.3 Å². The SMILES string of the molecule is Nc1ccc(S(=O)(=O)NCc2ccccc2OCCN2CCCC2)cc1. The molecule has 2 aromatic rings. The number of hydrogen-bond acceptors (Lipinski definition) is 5. The molecule has 1 aliphatic heterocycles. The van der Waals surface area contributed by atoms with Crippen LogP contribution < -0.4 is 15.2 Å². The molecule has 0 bridgehead atoms. The van der Waals surface area contributed by atoms with Crippen LogP contribution in [0, 0.1) is 0 Å². The number of nitrogens with zero attached hydrogens (tertiary/aromatic N) is 1. The number of benzene rings is 2. The fourth-order valence-corrected chi connectivity index (χ4v) is 3.99. The van der Waals surface area contributed by atoms with Crippen molar-refractivity contribution in [1.82, 2.24) is 9.62 Å². The Morgan fingerprint density at radius 2 is 1.73 bits per heavy atom. The number of para-hydroxylation sites is 1. The number of nitrogens with two attached hydrogens (primary N) is 1. The fraction of sp³-hybridized carbons (Fsp3) is 0.368. The summed E-state index contributed by atoms with van der Waals surface area (Å²) in [5, 5.41) is 0. The molecular weight excluding hydrogens is 350 g/mol. The number of hydrogen-bond donors (Lipinski definition) is 2. The first-order chi connectivity index (χ1) is 12.5. The summed E-state index contributed by atoms with van der Waals surface area (Å²) in [5.74, 6) is 0.715. The molecule has 3 rings (SSSR count). The Morgan fingerprint density at radius 1 is 1.04 bits per heavy atom. The van der Waals surface area contributed by atoms with Crippen molar-refractivity contribution in [3.05, 3.63) is 54.1 Å². The van der Waals surface area contributed by atoms with Crippen LogP contribution in [0.3, 0.4) is 0 Å². The van der Waals surface area contributed by atoms with Crippen LogP contribution in [0.2, 0.25) is 0 Å². The minimum absolute atomic E-state index is 0.173. The van der Waals surface area contributed by atoms with Gasteiger partial charge in [-0.05, 0) is 56.3 Å². The van der Waals surface area contributed by atoms with E-state index in [4.69, 9.17) is 10.5 Å². The van der Waals surface area contributed by atoms with Gasteiger partial charge in [0.15, 0.2) is 0 Å². The summed E-state index contributed by atoms with van der Waals surface area (Å²) in [6.45, 7) is 3.93. The van der Waals surface area contributed by atoms with Crippen molar-refractivity contribution in [3.8, 4) is 5.75 Å². The summed E-state index contributed by atoms with van der Waals surface area (Å²) in [5.41, 5.74) is 6.95. The van der Waals surface area contributed by atoms with Crippen molar-refractivity contribution < 1.29 is 13.2 Å². The largest absolute Gasteiger partial charge is 0.492 e. The van der Waals surface area contributed by atoms with Gasteiger partial charge in [-0.3, -0.25) is 4.90 Å². The van der Waals surface area contributed by atoms with Crippen LogP contribution in [-0.4, -0.2) is 39.6 Å². The second-order valence-electron chi connectivity index (χ2n) is 6.40. The highest BCUT2D eigenvalue weighted by molar-refractivity contribution is 7.89. The van der Waals surface area contributed by atoms with E-state index in [1.165, 1.54) is 25.0 Å². The maximum Gasteiger partial charge on any atom is 0.240 e. The van der Waals surface area contributed by atoms with Crippen LogP contribution in [0.5, 0.6) is 5.75 Å². The lowest BCUT2D eigenvalue weighted by Gasteiger charge is -2.16. The average Bonchev–Trinajstić information content (AvgIpc) is 3.15. The zero-order chi connectivity index (χ0) is 18.4. The number of nitrogen functional groups attached to an aromatic ring is 1. The molecule has 1 fully saturated rings. The van der Waals surface area contributed by atoms with E-state index in [0.717, 1.165) is 25.2 Å². The summed E-state index contributed by atoms with van der Waals surface area (Å²) in [4.78, 5) is 2.58. The zero-order valence-electron chi connectivity index (χ0n) is 14.7. The number of likely N-dealkylation sites (tertiary alicyclic amines) is 1. The number of rotatable bonds is 8. The Balaban J connectivity index is 1.59. The van der Waals surface area contributed by atoms with E-state index >= 15 is 0 Å². The van der Waals surface area contributed by atoms with Gasteiger partial charge in [-0.1, -0.05) is 18.2 Å². The summed E-state index contributed by atoms with van der Waals surface area (Å²) in [6, 6.07) is 13.6. The number of ether oxygens (including phenoxy) is 1. The molecule has 26 heavy (non-hydrogen) atoms. The Labute approximate surface area is 155 Å². The standard InChI is InChI=1S/C19H25N3O3S/c20-17-7-9-18(10-8-17)26(23,24)21-15-16-5-1-2-6-19(16)25-14-13-22-11-3-4-12-22/h1-2,5-10,21H,3-4,11-15,20H2. The van der Waals surface area contributed by atoms with Crippen LogP contribution >= 0.6 is 0 Å². The van der Waals surface area contributed by atoms with Gasteiger partial charge < -0.3 is 10.5 Å². The average molecular weight is 375 g/mol. The predicted octanol–water partition coefficient (Wildman–Crippen LogP) is 2.22. The number of nitrogens with one attached hydrogen (secondary N) is 1.